The lowest BCUT2D eigenvalue weighted by atomic mass is 9.93. The molecule has 2 N–H and O–H groups in total. The maximum atomic E-state index is 6.01. The first kappa shape index (κ1) is 7.07. The average molecular weight is 127 g/mol. The van der Waals surface area contributed by atoms with Gasteiger partial charge in [0.25, 0.3) is 0 Å². The third-order valence-electron chi connectivity index (χ3n) is 2.72. The van der Waals surface area contributed by atoms with Crippen molar-refractivity contribution in [2.45, 2.75) is 39.2 Å². The summed E-state index contributed by atoms with van der Waals surface area (Å²) in [4.78, 5) is 0. The van der Waals surface area contributed by atoms with Gasteiger partial charge in [-0.15, -0.1) is 0 Å². The van der Waals surface area contributed by atoms with Gasteiger partial charge in [0.05, 0.1) is 0 Å². The molecule has 0 bridgehead atoms. The molecule has 3 atom stereocenters. The Hall–Kier alpha value is -0.0400. The molecule has 1 heteroatoms. The molecule has 0 aromatic heterocycles. The van der Waals surface area contributed by atoms with Gasteiger partial charge in [0.2, 0.25) is 0 Å². The van der Waals surface area contributed by atoms with Crippen molar-refractivity contribution in [2.24, 2.45) is 17.6 Å². The second kappa shape index (κ2) is 1.98. The van der Waals surface area contributed by atoms with Crippen molar-refractivity contribution >= 4 is 0 Å². The van der Waals surface area contributed by atoms with Gasteiger partial charge in [-0.3, -0.25) is 0 Å². The van der Waals surface area contributed by atoms with Gasteiger partial charge in [0.15, 0.2) is 0 Å². The van der Waals surface area contributed by atoms with Crippen molar-refractivity contribution in [3.05, 3.63) is 0 Å². The Kier molecular flexibility index (Phi) is 1.55. The van der Waals surface area contributed by atoms with Crippen LogP contribution in [0.25, 0.3) is 0 Å². The number of rotatable bonds is 2. The van der Waals surface area contributed by atoms with E-state index in [2.05, 4.69) is 20.8 Å². The van der Waals surface area contributed by atoms with Crippen LogP contribution in [0.4, 0.5) is 0 Å². The molecule has 0 spiro atoms. The highest BCUT2D eigenvalue weighted by molar-refractivity contribution is 4.98. The molecular weight excluding hydrogens is 110 g/mol. The predicted molar refractivity (Wildman–Crippen MR) is 40.2 cm³/mol. The molecule has 3 unspecified atom stereocenters. The number of hydrogen-bond acceptors (Lipinski definition) is 1. The molecule has 1 aliphatic rings. The highest BCUT2D eigenvalue weighted by Crippen LogP contribution is 2.45. The largest absolute Gasteiger partial charge is 0.325 e. The average Bonchev–Trinajstić information content (AvgIpc) is 2.47. The molecule has 0 heterocycles. The third kappa shape index (κ3) is 1.26. The van der Waals surface area contributed by atoms with E-state index in [1.54, 1.807) is 0 Å². The summed E-state index contributed by atoms with van der Waals surface area (Å²) in [5, 5.41) is 0. The fourth-order valence-corrected chi connectivity index (χ4v) is 1.50. The van der Waals surface area contributed by atoms with Crippen molar-refractivity contribution in [1.29, 1.82) is 0 Å². The maximum Gasteiger partial charge on any atom is 0.0154 e. The molecule has 0 amide bonds. The van der Waals surface area contributed by atoms with Crippen LogP contribution in [0.1, 0.15) is 33.6 Å². The van der Waals surface area contributed by atoms with Crippen molar-refractivity contribution in [1.82, 2.24) is 0 Å². The Labute approximate surface area is 57.6 Å². The Balaban J connectivity index is 2.41. The first-order valence-electron chi connectivity index (χ1n) is 3.87. The molecule has 0 aromatic rings. The molecule has 0 aromatic carbocycles. The monoisotopic (exact) mass is 127 g/mol. The van der Waals surface area contributed by atoms with Crippen molar-refractivity contribution in [3.63, 3.8) is 0 Å². The van der Waals surface area contributed by atoms with Crippen LogP contribution < -0.4 is 5.73 Å². The summed E-state index contributed by atoms with van der Waals surface area (Å²) < 4.78 is 0. The van der Waals surface area contributed by atoms with Crippen LogP contribution >= 0.6 is 0 Å². The second-order valence-corrected chi connectivity index (χ2v) is 3.68. The topological polar surface area (TPSA) is 26.0 Å². The summed E-state index contributed by atoms with van der Waals surface area (Å²) in [5.41, 5.74) is 6.14. The zero-order valence-corrected chi connectivity index (χ0v) is 6.65. The highest BCUT2D eigenvalue weighted by Gasteiger charge is 2.43. The Morgan fingerprint density at radius 2 is 2.11 bits per heavy atom. The zero-order valence-electron chi connectivity index (χ0n) is 6.65. The van der Waals surface area contributed by atoms with Gasteiger partial charge >= 0.3 is 0 Å². The third-order valence-corrected chi connectivity index (χ3v) is 2.72. The zero-order chi connectivity index (χ0) is 7.07. The van der Waals surface area contributed by atoms with E-state index in [4.69, 9.17) is 5.73 Å². The van der Waals surface area contributed by atoms with Crippen molar-refractivity contribution in [2.75, 3.05) is 0 Å². The fraction of sp³-hybridized carbons (Fsp3) is 1.00. The van der Waals surface area contributed by atoms with Crippen LogP contribution in [-0.4, -0.2) is 5.54 Å². The lowest BCUT2D eigenvalue weighted by Crippen LogP contribution is -2.38. The Bertz CT molecular complexity index is 107. The molecule has 0 aliphatic heterocycles. The Morgan fingerprint density at radius 1 is 1.67 bits per heavy atom. The van der Waals surface area contributed by atoms with E-state index in [1.807, 2.05) is 0 Å². The molecule has 1 nitrogen and oxygen atoms in total. The summed E-state index contributed by atoms with van der Waals surface area (Å²) >= 11 is 0. The molecule has 0 saturated heterocycles. The lowest BCUT2D eigenvalue weighted by molar-refractivity contribution is 0.378. The van der Waals surface area contributed by atoms with E-state index in [1.165, 1.54) is 6.42 Å². The standard InChI is InChI=1S/C8H17N/c1-4-8(3,9)7-5-6(7)2/h6-7H,4-5,9H2,1-3H3. The van der Waals surface area contributed by atoms with E-state index < -0.39 is 0 Å². The predicted octanol–water partition coefficient (Wildman–Crippen LogP) is 1.77. The van der Waals surface area contributed by atoms with Crippen molar-refractivity contribution < 1.29 is 0 Å². The molecule has 1 saturated carbocycles. The van der Waals surface area contributed by atoms with Crippen LogP contribution in [0, 0.1) is 11.8 Å². The summed E-state index contributed by atoms with van der Waals surface area (Å²) in [6, 6.07) is 0. The smallest absolute Gasteiger partial charge is 0.0154 e. The quantitative estimate of drug-likeness (QED) is 0.601. The van der Waals surface area contributed by atoms with Gasteiger partial charge in [-0.25, -0.2) is 0 Å². The SMILES string of the molecule is CCC(C)(N)C1CC1C. The summed E-state index contributed by atoms with van der Waals surface area (Å²) in [6.07, 6.45) is 2.46. The molecule has 0 radical (unpaired) electrons. The van der Waals surface area contributed by atoms with Gasteiger partial charge in [-0.1, -0.05) is 13.8 Å². The molecule has 1 fully saturated rings. The minimum atomic E-state index is 0.124. The number of hydrogen-bond donors (Lipinski definition) is 1. The maximum absolute atomic E-state index is 6.01. The van der Waals surface area contributed by atoms with E-state index in [9.17, 15) is 0 Å². The number of nitrogens with two attached hydrogens (primary N) is 1. The minimum absolute atomic E-state index is 0.124. The highest BCUT2D eigenvalue weighted by atomic mass is 14.8. The van der Waals surface area contributed by atoms with Crippen LogP contribution in [0.2, 0.25) is 0 Å². The van der Waals surface area contributed by atoms with Gasteiger partial charge in [-0.2, -0.15) is 0 Å². The lowest BCUT2D eigenvalue weighted by Gasteiger charge is -2.22. The van der Waals surface area contributed by atoms with Gasteiger partial charge in [0, 0.05) is 5.54 Å². The summed E-state index contributed by atoms with van der Waals surface area (Å²) in [6.45, 7) is 6.62. The van der Waals surface area contributed by atoms with E-state index in [-0.39, 0.29) is 5.54 Å². The van der Waals surface area contributed by atoms with Gasteiger partial charge < -0.3 is 5.73 Å². The van der Waals surface area contributed by atoms with E-state index in [0.29, 0.717) is 0 Å². The Morgan fingerprint density at radius 3 is 2.22 bits per heavy atom. The first-order chi connectivity index (χ1) is 4.08. The van der Waals surface area contributed by atoms with Crippen LogP contribution in [-0.2, 0) is 0 Å². The van der Waals surface area contributed by atoms with Crippen molar-refractivity contribution in [3.8, 4) is 0 Å². The minimum Gasteiger partial charge on any atom is -0.325 e. The normalized spacial score (nSPS) is 40.0. The van der Waals surface area contributed by atoms with Crippen LogP contribution in [0.5, 0.6) is 0 Å². The molecular formula is C8H17N. The van der Waals surface area contributed by atoms with Gasteiger partial charge in [-0.05, 0) is 31.6 Å². The van der Waals surface area contributed by atoms with Crippen LogP contribution in [0.3, 0.4) is 0 Å². The first-order valence-corrected chi connectivity index (χ1v) is 3.87. The van der Waals surface area contributed by atoms with E-state index in [0.717, 1.165) is 18.3 Å². The molecule has 1 aliphatic carbocycles. The summed E-state index contributed by atoms with van der Waals surface area (Å²) in [7, 11) is 0. The molecule has 54 valence electrons. The summed E-state index contributed by atoms with van der Waals surface area (Å²) in [5.74, 6) is 1.70. The molecule has 9 heavy (non-hydrogen) atoms. The fourth-order valence-electron chi connectivity index (χ4n) is 1.50. The van der Waals surface area contributed by atoms with Crippen LogP contribution in [0.15, 0.2) is 0 Å². The molecule has 1 rings (SSSR count). The van der Waals surface area contributed by atoms with Gasteiger partial charge in [0.1, 0.15) is 0 Å². The van der Waals surface area contributed by atoms with E-state index >= 15 is 0 Å². The second-order valence-electron chi connectivity index (χ2n) is 3.68.